The summed E-state index contributed by atoms with van der Waals surface area (Å²) in [4.78, 5) is 2.23. The highest BCUT2D eigenvalue weighted by Gasteiger charge is 2.38. The predicted octanol–water partition coefficient (Wildman–Crippen LogP) is 4.40. The number of hydrogen-bond acceptors (Lipinski definition) is 2. The summed E-state index contributed by atoms with van der Waals surface area (Å²) in [5, 5.41) is 0. The van der Waals surface area contributed by atoms with Gasteiger partial charge in [0.25, 0.3) is 0 Å². The third-order valence-electron chi connectivity index (χ3n) is 4.54. The van der Waals surface area contributed by atoms with Gasteiger partial charge in [0.2, 0.25) is 0 Å². The van der Waals surface area contributed by atoms with Gasteiger partial charge in [-0.05, 0) is 49.7 Å². The normalized spacial score (nSPS) is 15.1. The summed E-state index contributed by atoms with van der Waals surface area (Å²) in [6.45, 7) is 3.75. The summed E-state index contributed by atoms with van der Waals surface area (Å²) in [5.41, 5.74) is 4.64. The van der Waals surface area contributed by atoms with Gasteiger partial charge in [-0.2, -0.15) is 0 Å². The third kappa shape index (κ3) is 2.97. The van der Waals surface area contributed by atoms with Crippen molar-refractivity contribution >= 4 is 12.2 Å². The molecule has 120 valence electrons. The molecule has 0 radical (unpaired) electrons. The Hall–Kier alpha value is -1.90. The maximum Gasteiger partial charge on any atom is 0.120 e. The summed E-state index contributed by atoms with van der Waals surface area (Å²) < 4.78 is 6.49. The Kier molecular flexibility index (Phi) is 4.65. The van der Waals surface area contributed by atoms with Crippen LogP contribution < -0.4 is 0 Å². The van der Waals surface area contributed by atoms with Gasteiger partial charge in [0, 0.05) is 13.2 Å². The molecule has 2 nitrogen and oxygen atoms in total. The lowest BCUT2D eigenvalue weighted by Crippen LogP contribution is -2.36. The standard InChI is InChI=1S/C21H25NO/c1-4-23-21(15-16-22(2)3)19-11-7-5-9-17(19)13-14-18-10-6-8-12-20(18)21/h5-14H,4,15-16H2,1-3H3. The van der Waals surface area contributed by atoms with E-state index in [1.807, 2.05) is 0 Å². The topological polar surface area (TPSA) is 12.5 Å². The minimum atomic E-state index is -0.393. The number of hydrogen-bond donors (Lipinski definition) is 0. The lowest BCUT2D eigenvalue weighted by Gasteiger charge is -2.37. The van der Waals surface area contributed by atoms with Gasteiger partial charge >= 0.3 is 0 Å². The van der Waals surface area contributed by atoms with E-state index in [0.29, 0.717) is 6.61 Å². The van der Waals surface area contributed by atoms with Crippen molar-refractivity contribution in [2.75, 3.05) is 27.2 Å². The van der Waals surface area contributed by atoms with Gasteiger partial charge in [0.1, 0.15) is 5.60 Å². The first-order valence-corrected chi connectivity index (χ1v) is 8.33. The molecule has 2 aromatic rings. The Labute approximate surface area is 139 Å². The van der Waals surface area contributed by atoms with Crippen LogP contribution in [0.3, 0.4) is 0 Å². The number of ether oxygens (including phenoxy) is 1. The van der Waals surface area contributed by atoms with Crippen molar-refractivity contribution < 1.29 is 4.74 Å². The maximum absolute atomic E-state index is 6.49. The molecule has 0 spiro atoms. The Morgan fingerprint density at radius 3 is 1.87 bits per heavy atom. The SMILES string of the molecule is CCOC1(CCN(C)C)c2ccccc2C=Cc2ccccc21. The second-order valence-corrected chi connectivity index (χ2v) is 6.32. The molecule has 0 atom stereocenters. The molecule has 23 heavy (non-hydrogen) atoms. The number of fused-ring (bicyclic) bond motifs is 2. The van der Waals surface area contributed by atoms with E-state index in [2.05, 4.69) is 86.6 Å². The lowest BCUT2D eigenvalue weighted by molar-refractivity contribution is -0.0217. The fraction of sp³-hybridized carbons (Fsp3) is 0.333. The maximum atomic E-state index is 6.49. The second kappa shape index (κ2) is 6.69. The number of nitrogens with zero attached hydrogens (tertiary/aromatic N) is 1. The smallest absolute Gasteiger partial charge is 0.120 e. The van der Waals surface area contributed by atoms with Gasteiger partial charge in [0.15, 0.2) is 0 Å². The fourth-order valence-corrected chi connectivity index (χ4v) is 3.47. The summed E-state index contributed by atoms with van der Waals surface area (Å²) in [6.07, 6.45) is 5.36. The Morgan fingerprint density at radius 1 is 0.870 bits per heavy atom. The van der Waals surface area contributed by atoms with Crippen LogP contribution in [0, 0.1) is 0 Å². The molecule has 3 rings (SSSR count). The molecule has 0 bridgehead atoms. The third-order valence-corrected chi connectivity index (χ3v) is 4.54. The van der Waals surface area contributed by atoms with Crippen molar-refractivity contribution in [1.82, 2.24) is 4.90 Å². The van der Waals surface area contributed by atoms with Crippen molar-refractivity contribution in [3.8, 4) is 0 Å². The van der Waals surface area contributed by atoms with Crippen molar-refractivity contribution in [3.63, 3.8) is 0 Å². The summed E-state index contributed by atoms with van der Waals surface area (Å²) in [7, 11) is 4.23. The molecule has 0 amide bonds. The molecule has 0 heterocycles. The molecule has 1 aliphatic carbocycles. The van der Waals surface area contributed by atoms with Gasteiger partial charge in [-0.15, -0.1) is 0 Å². The van der Waals surface area contributed by atoms with E-state index >= 15 is 0 Å². The van der Waals surface area contributed by atoms with E-state index in [1.54, 1.807) is 0 Å². The summed E-state index contributed by atoms with van der Waals surface area (Å²) in [5.74, 6) is 0. The highest BCUT2D eigenvalue weighted by Crippen LogP contribution is 2.43. The average molecular weight is 307 g/mol. The van der Waals surface area contributed by atoms with Crippen molar-refractivity contribution in [2.45, 2.75) is 18.9 Å². The molecule has 0 N–H and O–H groups in total. The van der Waals surface area contributed by atoms with Crippen LogP contribution in [0.15, 0.2) is 48.5 Å². The molecule has 0 aliphatic heterocycles. The zero-order chi connectivity index (χ0) is 16.3. The Morgan fingerprint density at radius 2 is 1.39 bits per heavy atom. The van der Waals surface area contributed by atoms with Crippen molar-refractivity contribution in [1.29, 1.82) is 0 Å². The van der Waals surface area contributed by atoms with E-state index in [1.165, 1.54) is 22.3 Å². The number of rotatable bonds is 5. The van der Waals surface area contributed by atoms with Crippen molar-refractivity contribution in [3.05, 3.63) is 70.8 Å². The molecule has 1 aliphatic rings. The molecule has 0 unspecified atom stereocenters. The molecule has 0 saturated heterocycles. The largest absolute Gasteiger partial charge is 0.366 e. The van der Waals surface area contributed by atoms with Crippen LogP contribution in [0.25, 0.3) is 12.2 Å². The van der Waals surface area contributed by atoms with Crippen LogP contribution in [-0.4, -0.2) is 32.1 Å². The van der Waals surface area contributed by atoms with Crippen LogP contribution in [0.2, 0.25) is 0 Å². The minimum Gasteiger partial charge on any atom is -0.366 e. The highest BCUT2D eigenvalue weighted by atomic mass is 16.5. The van der Waals surface area contributed by atoms with Crippen molar-refractivity contribution in [2.24, 2.45) is 0 Å². The summed E-state index contributed by atoms with van der Waals surface area (Å²) >= 11 is 0. The highest BCUT2D eigenvalue weighted by molar-refractivity contribution is 5.77. The van der Waals surface area contributed by atoms with E-state index in [-0.39, 0.29) is 0 Å². The van der Waals surface area contributed by atoms with Crippen LogP contribution in [0.5, 0.6) is 0 Å². The first-order valence-electron chi connectivity index (χ1n) is 8.33. The first-order chi connectivity index (χ1) is 11.2. The fourth-order valence-electron chi connectivity index (χ4n) is 3.47. The van der Waals surface area contributed by atoms with Crippen LogP contribution >= 0.6 is 0 Å². The Bertz CT molecular complexity index is 653. The lowest BCUT2D eigenvalue weighted by atomic mass is 9.80. The molecule has 2 heteroatoms. The van der Waals surface area contributed by atoms with E-state index in [0.717, 1.165) is 13.0 Å². The van der Waals surface area contributed by atoms with Gasteiger partial charge in [0.05, 0.1) is 0 Å². The number of benzene rings is 2. The van der Waals surface area contributed by atoms with Gasteiger partial charge < -0.3 is 9.64 Å². The van der Waals surface area contributed by atoms with E-state index < -0.39 is 5.60 Å². The zero-order valence-electron chi connectivity index (χ0n) is 14.3. The zero-order valence-corrected chi connectivity index (χ0v) is 14.3. The minimum absolute atomic E-state index is 0.393. The van der Waals surface area contributed by atoms with Crippen LogP contribution in [0.1, 0.15) is 35.6 Å². The predicted molar refractivity (Wildman–Crippen MR) is 97.4 cm³/mol. The van der Waals surface area contributed by atoms with E-state index in [9.17, 15) is 0 Å². The molecule has 0 aromatic heterocycles. The average Bonchev–Trinajstić information content (AvgIpc) is 2.70. The second-order valence-electron chi connectivity index (χ2n) is 6.32. The van der Waals surface area contributed by atoms with Crippen LogP contribution in [-0.2, 0) is 10.3 Å². The molecule has 0 fully saturated rings. The van der Waals surface area contributed by atoms with Gasteiger partial charge in [-0.3, -0.25) is 0 Å². The molecular formula is C21H25NO. The monoisotopic (exact) mass is 307 g/mol. The summed E-state index contributed by atoms with van der Waals surface area (Å²) in [6, 6.07) is 17.2. The molecule has 2 aromatic carbocycles. The van der Waals surface area contributed by atoms with Gasteiger partial charge in [-0.1, -0.05) is 60.7 Å². The Balaban J connectivity index is 2.23. The molecular weight excluding hydrogens is 282 g/mol. The van der Waals surface area contributed by atoms with Crippen LogP contribution in [0.4, 0.5) is 0 Å². The first kappa shape index (κ1) is 16.0. The van der Waals surface area contributed by atoms with E-state index in [4.69, 9.17) is 4.74 Å². The quantitative estimate of drug-likeness (QED) is 0.811. The molecule has 0 saturated carbocycles. The van der Waals surface area contributed by atoms with Gasteiger partial charge in [-0.25, -0.2) is 0 Å².